The maximum absolute atomic E-state index is 6.05. The summed E-state index contributed by atoms with van der Waals surface area (Å²) in [4.78, 5) is 8.62. The Labute approximate surface area is 171 Å². The summed E-state index contributed by atoms with van der Waals surface area (Å²) in [6.07, 6.45) is 8.05. The molecular formula is C23H27N5O. The normalized spacial score (nSPS) is 16.8. The van der Waals surface area contributed by atoms with Crippen molar-refractivity contribution in [2.24, 2.45) is 10.7 Å². The third kappa shape index (κ3) is 5.23. The number of ether oxygens (including phenoxy) is 1. The second-order valence-corrected chi connectivity index (χ2v) is 7.31. The zero-order valence-electron chi connectivity index (χ0n) is 16.5. The summed E-state index contributed by atoms with van der Waals surface area (Å²) in [5.41, 5.74) is 10.8. The summed E-state index contributed by atoms with van der Waals surface area (Å²) in [6.45, 7) is 2.92. The molecule has 0 spiro atoms. The first-order chi connectivity index (χ1) is 14.3. The fraction of sp³-hybridized carbons (Fsp3) is 0.304. The molecule has 1 fully saturated rings. The van der Waals surface area contributed by atoms with E-state index in [1.54, 1.807) is 6.20 Å². The lowest BCUT2D eigenvalue weighted by Gasteiger charge is -2.12. The van der Waals surface area contributed by atoms with Crippen LogP contribution in [0, 0.1) is 0 Å². The number of hydrogen-bond donors (Lipinski definition) is 2. The number of nitrogens with two attached hydrogens (primary N) is 1. The van der Waals surface area contributed by atoms with Crippen LogP contribution < -0.4 is 11.1 Å². The SMILES string of the molecule is NC(=NCc1ccccc1-c1ccc(Cn2ccnc2)cc1)NCC1CCCO1. The molecule has 3 aromatic rings. The fourth-order valence-electron chi connectivity index (χ4n) is 3.57. The number of guanidine groups is 1. The molecule has 1 aliphatic rings. The van der Waals surface area contributed by atoms with Gasteiger partial charge in [0.2, 0.25) is 0 Å². The summed E-state index contributed by atoms with van der Waals surface area (Å²) in [5.74, 6) is 0.464. The van der Waals surface area contributed by atoms with E-state index in [2.05, 4.69) is 62.3 Å². The van der Waals surface area contributed by atoms with E-state index in [4.69, 9.17) is 10.5 Å². The Balaban J connectivity index is 1.41. The number of benzene rings is 2. The summed E-state index contributed by atoms with van der Waals surface area (Å²) < 4.78 is 7.67. The van der Waals surface area contributed by atoms with Crippen LogP contribution in [0.3, 0.4) is 0 Å². The number of imidazole rings is 1. The minimum absolute atomic E-state index is 0.247. The number of aromatic nitrogens is 2. The Kier molecular flexibility index (Phi) is 6.22. The van der Waals surface area contributed by atoms with E-state index in [0.29, 0.717) is 12.5 Å². The van der Waals surface area contributed by atoms with Gasteiger partial charge in [-0.2, -0.15) is 0 Å². The second-order valence-electron chi connectivity index (χ2n) is 7.31. The van der Waals surface area contributed by atoms with Gasteiger partial charge in [0.25, 0.3) is 0 Å². The molecular weight excluding hydrogens is 362 g/mol. The van der Waals surface area contributed by atoms with Crippen molar-refractivity contribution < 1.29 is 4.74 Å². The summed E-state index contributed by atoms with van der Waals surface area (Å²) >= 11 is 0. The first kappa shape index (κ1) is 19.2. The van der Waals surface area contributed by atoms with E-state index in [1.165, 1.54) is 16.7 Å². The average Bonchev–Trinajstić information content (AvgIpc) is 3.46. The van der Waals surface area contributed by atoms with Gasteiger partial charge in [-0.1, -0.05) is 48.5 Å². The van der Waals surface area contributed by atoms with Gasteiger partial charge in [0.15, 0.2) is 5.96 Å². The average molecular weight is 390 g/mol. The molecule has 0 amide bonds. The molecule has 1 aromatic heterocycles. The van der Waals surface area contributed by atoms with E-state index in [0.717, 1.165) is 38.1 Å². The standard InChI is InChI=1S/C23H27N5O/c24-23(27-15-21-5-3-13-29-21)26-14-20-4-1-2-6-22(20)19-9-7-18(8-10-19)16-28-12-11-25-17-28/h1-2,4,6-12,17,21H,3,5,13-16H2,(H3,24,26,27). The van der Waals surface area contributed by atoms with Gasteiger partial charge in [0.05, 0.1) is 19.0 Å². The maximum atomic E-state index is 6.05. The van der Waals surface area contributed by atoms with Crippen molar-refractivity contribution >= 4 is 5.96 Å². The first-order valence-electron chi connectivity index (χ1n) is 10.1. The van der Waals surface area contributed by atoms with Gasteiger partial charge < -0.3 is 20.4 Å². The quantitative estimate of drug-likeness (QED) is 0.481. The van der Waals surface area contributed by atoms with Gasteiger partial charge in [0, 0.05) is 32.1 Å². The summed E-state index contributed by atoms with van der Waals surface area (Å²) in [5, 5.41) is 3.18. The van der Waals surface area contributed by atoms with Gasteiger partial charge >= 0.3 is 0 Å². The number of nitrogens with one attached hydrogen (secondary N) is 1. The molecule has 1 aliphatic heterocycles. The van der Waals surface area contributed by atoms with Crippen LogP contribution in [0.1, 0.15) is 24.0 Å². The Morgan fingerprint density at radius 2 is 2.07 bits per heavy atom. The number of nitrogens with zero attached hydrogens (tertiary/aromatic N) is 3. The van der Waals surface area contributed by atoms with Crippen LogP contribution in [-0.2, 0) is 17.8 Å². The van der Waals surface area contributed by atoms with Crippen LogP contribution >= 0.6 is 0 Å². The van der Waals surface area contributed by atoms with Crippen LogP contribution in [0.25, 0.3) is 11.1 Å². The lowest BCUT2D eigenvalue weighted by molar-refractivity contribution is 0.114. The molecule has 1 atom stereocenters. The van der Waals surface area contributed by atoms with E-state index >= 15 is 0 Å². The van der Waals surface area contributed by atoms with Gasteiger partial charge in [-0.05, 0) is 35.1 Å². The Morgan fingerprint density at radius 1 is 1.21 bits per heavy atom. The predicted molar refractivity (Wildman–Crippen MR) is 116 cm³/mol. The highest BCUT2D eigenvalue weighted by Crippen LogP contribution is 2.25. The van der Waals surface area contributed by atoms with E-state index < -0.39 is 0 Å². The third-order valence-electron chi connectivity index (χ3n) is 5.16. The molecule has 6 heteroatoms. The Morgan fingerprint density at radius 3 is 2.83 bits per heavy atom. The zero-order valence-corrected chi connectivity index (χ0v) is 16.5. The van der Waals surface area contributed by atoms with Crippen molar-refractivity contribution in [1.29, 1.82) is 0 Å². The molecule has 1 saturated heterocycles. The highest BCUT2D eigenvalue weighted by molar-refractivity contribution is 5.78. The maximum Gasteiger partial charge on any atom is 0.189 e. The lowest BCUT2D eigenvalue weighted by atomic mass is 9.98. The second kappa shape index (κ2) is 9.39. The van der Waals surface area contributed by atoms with Gasteiger partial charge in [-0.3, -0.25) is 0 Å². The Hall–Kier alpha value is -3.12. The first-order valence-corrected chi connectivity index (χ1v) is 10.1. The molecule has 150 valence electrons. The van der Waals surface area contributed by atoms with Gasteiger partial charge in [-0.25, -0.2) is 9.98 Å². The topological polar surface area (TPSA) is 77.5 Å². The van der Waals surface area contributed by atoms with Crippen LogP contribution in [0.2, 0.25) is 0 Å². The highest BCUT2D eigenvalue weighted by atomic mass is 16.5. The Bertz CT molecular complexity index is 928. The van der Waals surface area contributed by atoms with Crippen molar-refractivity contribution in [3.05, 3.63) is 78.4 Å². The van der Waals surface area contributed by atoms with Crippen molar-refractivity contribution in [2.45, 2.75) is 32.0 Å². The predicted octanol–water partition coefficient (Wildman–Crippen LogP) is 3.18. The van der Waals surface area contributed by atoms with E-state index in [9.17, 15) is 0 Å². The molecule has 4 rings (SSSR count). The monoisotopic (exact) mass is 389 g/mol. The molecule has 1 unspecified atom stereocenters. The van der Waals surface area contributed by atoms with Crippen molar-refractivity contribution in [1.82, 2.24) is 14.9 Å². The number of hydrogen-bond acceptors (Lipinski definition) is 3. The molecule has 2 aromatic carbocycles. The smallest absolute Gasteiger partial charge is 0.189 e. The van der Waals surface area contributed by atoms with Crippen molar-refractivity contribution in [3.8, 4) is 11.1 Å². The molecule has 29 heavy (non-hydrogen) atoms. The van der Waals surface area contributed by atoms with Gasteiger partial charge in [0.1, 0.15) is 0 Å². The van der Waals surface area contributed by atoms with Crippen molar-refractivity contribution in [3.63, 3.8) is 0 Å². The van der Waals surface area contributed by atoms with Crippen LogP contribution in [0.15, 0.2) is 72.2 Å². The van der Waals surface area contributed by atoms with Crippen molar-refractivity contribution in [2.75, 3.05) is 13.2 Å². The van der Waals surface area contributed by atoms with Crippen LogP contribution in [0.4, 0.5) is 0 Å². The lowest BCUT2D eigenvalue weighted by Crippen LogP contribution is -2.37. The molecule has 0 saturated carbocycles. The summed E-state index contributed by atoms with van der Waals surface area (Å²) in [7, 11) is 0. The fourth-order valence-corrected chi connectivity index (χ4v) is 3.57. The number of rotatable bonds is 7. The third-order valence-corrected chi connectivity index (χ3v) is 5.16. The minimum Gasteiger partial charge on any atom is -0.376 e. The summed E-state index contributed by atoms with van der Waals surface area (Å²) in [6, 6.07) is 17.0. The minimum atomic E-state index is 0.247. The van der Waals surface area contributed by atoms with Crippen LogP contribution in [-0.4, -0.2) is 34.8 Å². The number of aliphatic imine (C=N–C) groups is 1. The molecule has 2 heterocycles. The van der Waals surface area contributed by atoms with Crippen LogP contribution in [0.5, 0.6) is 0 Å². The molecule has 0 aliphatic carbocycles. The molecule has 3 N–H and O–H groups in total. The largest absolute Gasteiger partial charge is 0.376 e. The molecule has 0 radical (unpaired) electrons. The highest BCUT2D eigenvalue weighted by Gasteiger charge is 2.15. The van der Waals surface area contributed by atoms with E-state index in [1.807, 2.05) is 18.6 Å². The zero-order chi connectivity index (χ0) is 19.9. The van der Waals surface area contributed by atoms with E-state index in [-0.39, 0.29) is 6.10 Å². The molecule has 6 nitrogen and oxygen atoms in total. The van der Waals surface area contributed by atoms with Gasteiger partial charge in [-0.15, -0.1) is 0 Å². The molecule has 0 bridgehead atoms.